The normalized spacial score (nSPS) is 12.4. The van der Waals surface area contributed by atoms with E-state index >= 15 is 0 Å². The van der Waals surface area contributed by atoms with Crippen LogP contribution in [0.3, 0.4) is 0 Å². The number of nitrogens with zero attached hydrogens (tertiary/aromatic N) is 1. The van der Waals surface area contributed by atoms with Gasteiger partial charge in [0.1, 0.15) is 34.4 Å². The summed E-state index contributed by atoms with van der Waals surface area (Å²) in [6.45, 7) is 5.59. The molecule has 2 amide bonds. The Bertz CT molecular complexity index is 1670. The second-order valence-electron chi connectivity index (χ2n) is 11.1. The number of hydrogen-bond donors (Lipinski definition) is 3. The lowest BCUT2D eigenvalue weighted by atomic mass is 9.99. The number of carbonyl (C=O) groups is 2. The van der Waals surface area contributed by atoms with E-state index in [1.54, 1.807) is 57.2 Å². The van der Waals surface area contributed by atoms with E-state index in [0.717, 1.165) is 23.3 Å². The van der Waals surface area contributed by atoms with Gasteiger partial charge in [0.25, 0.3) is 0 Å². The molecule has 4 aromatic rings. The quantitative estimate of drug-likeness (QED) is 0.123. The van der Waals surface area contributed by atoms with Crippen LogP contribution in [0.15, 0.2) is 89.4 Å². The standard InChI is InChI=1S/C34H34BrF3N4O4/c1-21(2)32(43)42(41-19-23-6-9-25(10-7-23)45-27-13-14-29(37)30(38)17-27)20-34(3,33(39)44)40-18-22-4-11-26(12-5-22)46-31-15-8-24(36)16-28(31)35/h4-17,21,40-41H,18-20H2,1-3H3,(H2,39,44). The maximum absolute atomic E-state index is 13.5. The first kappa shape index (κ1) is 34.5. The van der Waals surface area contributed by atoms with Crippen molar-refractivity contribution in [2.45, 2.75) is 39.4 Å². The van der Waals surface area contributed by atoms with Crippen molar-refractivity contribution < 1.29 is 32.2 Å². The lowest BCUT2D eigenvalue weighted by Gasteiger charge is -2.35. The van der Waals surface area contributed by atoms with Crippen LogP contribution in [0.25, 0.3) is 0 Å². The number of benzene rings is 4. The van der Waals surface area contributed by atoms with Crippen molar-refractivity contribution in [2.75, 3.05) is 6.54 Å². The maximum Gasteiger partial charge on any atom is 0.239 e. The van der Waals surface area contributed by atoms with Crippen LogP contribution in [-0.2, 0) is 22.7 Å². The Balaban J connectivity index is 1.38. The average molecular weight is 700 g/mol. The van der Waals surface area contributed by atoms with Crippen LogP contribution >= 0.6 is 15.9 Å². The summed E-state index contributed by atoms with van der Waals surface area (Å²) in [5, 5.41) is 4.57. The molecule has 0 aliphatic heterocycles. The summed E-state index contributed by atoms with van der Waals surface area (Å²) in [6, 6.07) is 21.4. The minimum atomic E-state index is -1.30. The Kier molecular flexibility index (Phi) is 11.4. The van der Waals surface area contributed by atoms with Crippen LogP contribution < -0.4 is 25.9 Å². The van der Waals surface area contributed by atoms with E-state index in [9.17, 15) is 22.8 Å². The van der Waals surface area contributed by atoms with Crippen molar-refractivity contribution in [3.05, 3.63) is 118 Å². The molecule has 4 aromatic carbocycles. The van der Waals surface area contributed by atoms with E-state index in [0.29, 0.717) is 21.7 Å². The predicted molar refractivity (Wildman–Crippen MR) is 171 cm³/mol. The highest BCUT2D eigenvalue weighted by Crippen LogP contribution is 2.30. The van der Waals surface area contributed by atoms with Crippen LogP contribution in [-0.4, -0.2) is 28.9 Å². The van der Waals surface area contributed by atoms with Gasteiger partial charge in [0.2, 0.25) is 11.8 Å². The Morgan fingerprint density at radius 3 is 1.98 bits per heavy atom. The molecule has 1 atom stereocenters. The smallest absolute Gasteiger partial charge is 0.239 e. The molecule has 46 heavy (non-hydrogen) atoms. The molecule has 0 bridgehead atoms. The molecule has 1 unspecified atom stereocenters. The van der Waals surface area contributed by atoms with E-state index in [2.05, 4.69) is 26.7 Å². The van der Waals surface area contributed by atoms with Gasteiger partial charge in [0, 0.05) is 25.1 Å². The van der Waals surface area contributed by atoms with Crippen molar-refractivity contribution in [1.29, 1.82) is 0 Å². The largest absolute Gasteiger partial charge is 0.457 e. The van der Waals surface area contributed by atoms with Crippen LogP contribution in [0.4, 0.5) is 13.2 Å². The van der Waals surface area contributed by atoms with Crippen molar-refractivity contribution in [3.63, 3.8) is 0 Å². The summed E-state index contributed by atoms with van der Waals surface area (Å²) >= 11 is 3.28. The fraction of sp³-hybridized carbons (Fsp3) is 0.235. The predicted octanol–water partition coefficient (Wildman–Crippen LogP) is 6.97. The van der Waals surface area contributed by atoms with E-state index in [-0.39, 0.29) is 43.0 Å². The summed E-state index contributed by atoms with van der Waals surface area (Å²) in [4.78, 5) is 25.8. The highest BCUT2D eigenvalue weighted by Gasteiger charge is 2.35. The molecule has 0 radical (unpaired) electrons. The third kappa shape index (κ3) is 9.32. The van der Waals surface area contributed by atoms with Crippen molar-refractivity contribution in [3.8, 4) is 23.0 Å². The fourth-order valence-electron chi connectivity index (χ4n) is 4.26. The Morgan fingerprint density at radius 1 is 0.826 bits per heavy atom. The van der Waals surface area contributed by atoms with Crippen LogP contribution in [0.2, 0.25) is 0 Å². The van der Waals surface area contributed by atoms with Crippen molar-refractivity contribution in [1.82, 2.24) is 15.8 Å². The van der Waals surface area contributed by atoms with Crippen LogP contribution in [0.5, 0.6) is 23.0 Å². The zero-order valence-electron chi connectivity index (χ0n) is 25.5. The number of halogens is 4. The van der Waals surface area contributed by atoms with Gasteiger partial charge in [-0.1, -0.05) is 38.1 Å². The molecule has 4 rings (SSSR count). The topological polar surface area (TPSA) is 106 Å². The Morgan fingerprint density at radius 2 is 1.41 bits per heavy atom. The fourth-order valence-corrected chi connectivity index (χ4v) is 4.69. The van der Waals surface area contributed by atoms with Gasteiger partial charge in [-0.15, -0.1) is 0 Å². The number of amides is 2. The lowest BCUT2D eigenvalue weighted by Crippen LogP contribution is -2.62. The van der Waals surface area contributed by atoms with Crippen LogP contribution in [0.1, 0.15) is 31.9 Å². The first-order valence-electron chi connectivity index (χ1n) is 14.4. The number of hydrazine groups is 1. The van der Waals surface area contributed by atoms with Gasteiger partial charge in [0.05, 0.1) is 11.0 Å². The summed E-state index contributed by atoms with van der Waals surface area (Å²) in [5.41, 5.74) is 9.26. The molecule has 0 aliphatic rings. The molecule has 0 saturated heterocycles. The zero-order chi connectivity index (χ0) is 33.4. The number of hydrogen-bond acceptors (Lipinski definition) is 6. The molecule has 0 spiro atoms. The number of nitrogens with two attached hydrogens (primary N) is 1. The van der Waals surface area contributed by atoms with Crippen molar-refractivity contribution in [2.24, 2.45) is 11.7 Å². The first-order chi connectivity index (χ1) is 21.8. The van der Waals surface area contributed by atoms with Gasteiger partial charge in [-0.05, 0) is 88.6 Å². The van der Waals surface area contributed by atoms with Gasteiger partial charge in [0.15, 0.2) is 11.6 Å². The first-order valence-corrected chi connectivity index (χ1v) is 15.2. The monoisotopic (exact) mass is 698 g/mol. The third-order valence-electron chi connectivity index (χ3n) is 7.03. The number of rotatable bonds is 14. The molecule has 0 heterocycles. The second kappa shape index (κ2) is 15.3. The molecule has 8 nitrogen and oxygen atoms in total. The van der Waals surface area contributed by atoms with Crippen LogP contribution in [0, 0.1) is 23.4 Å². The lowest BCUT2D eigenvalue weighted by molar-refractivity contribution is -0.140. The Labute approximate surface area is 273 Å². The van der Waals surface area contributed by atoms with Gasteiger partial charge in [-0.25, -0.2) is 18.6 Å². The summed E-state index contributed by atoms with van der Waals surface area (Å²) in [7, 11) is 0. The highest BCUT2D eigenvalue weighted by molar-refractivity contribution is 9.10. The summed E-state index contributed by atoms with van der Waals surface area (Å²) in [5.74, 6) is -2.04. The molecular formula is C34H34BrF3N4O4. The highest BCUT2D eigenvalue weighted by atomic mass is 79.9. The third-order valence-corrected chi connectivity index (χ3v) is 7.65. The van der Waals surface area contributed by atoms with Crippen molar-refractivity contribution >= 4 is 27.7 Å². The van der Waals surface area contributed by atoms with Gasteiger partial charge >= 0.3 is 0 Å². The number of carbonyl (C=O) groups excluding carboxylic acids is 2. The Hall–Kier alpha value is -4.39. The molecule has 0 aliphatic carbocycles. The summed E-state index contributed by atoms with van der Waals surface area (Å²) < 4.78 is 52.0. The number of nitrogens with one attached hydrogen (secondary N) is 2. The molecule has 0 saturated carbocycles. The SMILES string of the molecule is CC(C)C(=O)N(CC(C)(NCc1ccc(Oc2ccc(F)cc2Br)cc1)C(N)=O)NCc1ccc(Oc2ccc(F)c(F)c2)cc1. The maximum atomic E-state index is 13.5. The molecule has 4 N–H and O–H groups in total. The summed E-state index contributed by atoms with van der Waals surface area (Å²) in [6.07, 6.45) is 0. The molecule has 0 fully saturated rings. The van der Waals surface area contributed by atoms with Gasteiger partial charge in [-0.3, -0.25) is 19.9 Å². The van der Waals surface area contributed by atoms with E-state index < -0.39 is 23.1 Å². The van der Waals surface area contributed by atoms with E-state index in [4.69, 9.17) is 15.2 Å². The van der Waals surface area contributed by atoms with E-state index in [1.807, 2.05) is 12.1 Å². The minimum Gasteiger partial charge on any atom is -0.457 e. The molecule has 242 valence electrons. The minimum absolute atomic E-state index is 0.0591. The molecular weight excluding hydrogens is 665 g/mol. The molecule has 12 heteroatoms. The van der Waals surface area contributed by atoms with Gasteiger partial charge in [-0.2, -0.15) is 0 Å². The number of primary amides is 1. The molecule has 0 aromatic heterocycles. The average Bonchev–Trinajstić information content (AvgIpc) is 3.02. The number of ether oxygens (including phenoxy) is 2. The van der Waals surface area contributed by atoms with E-state index in [1.165, 1.54) is 29.3 Å². The second-order valence-corrected chi connectivity index (χ2v) is 12.0. The van der Waals surface area contributed by atoms with Gasteiger partial charge < -0.3 is 15.2 Å². The zero-order valence-corrected chi connectivity index (χ0v) is 27.0.